The van der Waals surface area contributed by atoms with Crippen molar-refractivity contribution in [2.24, 2.45) is 17.8 Å². The molecule has 2 fully saturated rings. The topological polar surface area (TPSA) is 107 Å². The third-order valence-corrected chi connectivity index (χ3v) is 4.79. The molecule has 5 unspecified atom stereocenters. The third kappa shape index (κ3) is 4.57. The Balaban J connectivity index is 0.000000188. The number of nitrogens with one attached hydrogen (secondary N) is 2. The fraction of sp³-hybridized carbons (Fsp3) is 0.688. The van der Waals surface area contributed by atoms with Gasteiger partial charge in [0, 0.05) is 0 Å². The van der Waals surface area contributed by atoms with Gasteiger partial charge in [0.05, 0.1) is 25.1 Å². The molecule has 2 aliphatic carbocycles. The normalized spacial score (nSPS) is 28.7. The van der Waals surface area contributed by atoms with E-state index in [0.29, 0.717) is 28.9 Å². The molecule has 0 spiro atoms. The van der Waals surface area contributed by atoms with E-state index in [1.54, 1.807) is 0 Å². The van der Waals surface area contributed by atoms with Crippen molar-refractivity contribution in [2.75, 3.05) is 11.9 Å². The molecule has 7 nitrogen and oxygen atoms in total. The van der Waals surface area contributed by atoms with Crippen molar-refractivity contribution in [3.05, 3.63) is 11.6 Å². The van der Waals surface area contributed by atoms with E-state index in [1.807, 2.05) is 13.8 Å². The highest BCUT2D eigenvalue weighted by molar-refractivity contribution is 6.28. The maximum Gasteiger partial charge on any atom is 0.255 e. The van der Waals surface area contributed by atoms with Crippen LogP contribution in [-0.4, -0.2) is 55.3 Å². The number of halogens is 3. The van der Waals surface area contributed by atoms with Crippen molar-refractivity contribution in [1.82, 2.24) is 19.9 Å². The molecule has 2 aromatic rings. The van der Waals surface area contributed by atoms with E-state index in [4.69, 9.17) is 16.7 Å². The molecular weight excluding hydrogens is 368 g/mol. The van der Waals surface area contributed by atoms with Crippen LogP contribution in [0.3, 0.4) is 0 Å². The van der Waals surface area contributed by atoms with Crippen LogP contribution >= 0.6 is 11.6 Å². The first-order valence-electron chi connectivity index (χ1n) is 8.63. The van der Waals surface area contributed by atoms with Gasteiger partial charge in [-0.1, -0.05) is 20.8 Å². The highest BCUT2D eigenvalue weighted by Gasteiger charge is 2.58. The lowest BCUT2D eigenvalue weighted by molar-refractivity contribution is 0.0196. The first-order chi connectivity index (χ1) is 12.4. The lowest BCUT2D eigenvalue weighted by Crippen LogP contribution is -2.24. The highest BCUT2D eigenvalue weighted by atomic mass is 35.5. The summed E-state index contributed by atoms with van der Waals surface area (Å²) >= 11 is 5.59. The fourth-order valence-electron chi connectivity index (χ4n) is 3.30. The average Bonchev–Trinajstić information content (AvgIpc) is 2.94. The number of imidazole rings is 1. The quantitative estimate of drug-likeness (QED) is 0.599. The molecule has 10 heteroatoms. The molecule has 0 aliphatic heterocycles. The summed E-state index contributed by atoms with van der Waals surface area (Å²) in [6.07, 6.45) is -1.08. The van der Waals surface area contributed by atoms with Crippen molar-refractivity contribution in [3.63, 3.8) is 0 Å². The summed E-state index contributed by atoms with van der Waals surface area (Å²) in [5, 5.41) is 20.7. The number of aliphatic hydroxyl groups excluding tert-OH is 2. The van der Waals surface area contributed by atoms with Crippen molar-refractivity contribution in [1.29, 1.82) is 0 Å². The number of hydrogen-bond acceptors (Lipinski definition) is 6. The molecule has 26 heavy (non-hydrogen) atoms. The zero-order valence-corrected chi connectivity index (χ0v) is 15.6. The van der Waals surface area contributed by atoms with Gasteiger partial charge in [0.1, 0.15) is 5.52 Å². The zero-order chi connectivity index (χ0) is 19.4. The zero-order valence-electron chi connectivity index (χ0n) is 14.8. The van der Waals surface area contributed by atoms with Gasteiger partial charge in [-0.05, 0) is 35.8 Å². The molecule has 146 valence electrons. The molecule has 4 rings (SSSR count). The van der Waals surface area contributed by atoms with Gasteiger partial charge in [0.15, 0.2) is 11.5 Å². The van der Waals surface area contributed by atoms with E-state index < -0.39 is 25.2 Å². The fourth-order valence-corrected chi connectivity index (χ4v) is 3.46. The van der Waals surface area contributed by atoms with Gasteiger partial charge < -0.3 is 20.5 Å². The second-order valence-electron chi connectivity index (χ2n) is 6.11. The van der Waals surface area contributed by atoms with Gasteiger partial charge in [-0.2, -0.15) is 9.97 Å². The van der Waals surface area contributed by atoms with Crippen LogP contribution in [0, 0.1) is 17.8 Å². The Morgan fingerprint density at radius 2 is 2.04 bits per heavy atom. The number of anilines is 1. The lowest BCUT2D eigenvalue weighted by Gasteiger charge is -2.11. The Morgan fingerprint density at radius 3 is 2.58 bits per heavy atom. The van der Waals surface area contributed by atoms with Gasteiger partial charge in [-0.15, -0.1) is 0 Å². The van der Waals surface area contributed by atoms with Gasteiger partial charge >= 0.3 is 0 Å². The SMILES string of the molecule is CC.CC1C2CC(O)C(O)C12.FC(F)CNc1nc(Cl)nc2nc[nH]c12. The minimum absolute atomic E-state index is 0.0358. The number of alkyl halides is 2. The van der Waals surface area contributed by atoms with E-state index in [-0.39, 0.29) is 11.1 Å². The van der Waals surface area contributed by atoms with Crippen LogP contribution in [0.25, 0.3) is 11.2 Å². The summed E-state index contributed by atoms with van der Waals surface area (Å²) in [6.45, 7) is 5.64. The summed E-state index contributed by atoms with van der Waals surface area (Å²) < 4.78 is 24.0. The Hall–Kier alpha value is -1.58. The molecule has 0 radical (unpaired) electrons. The summed E-state index contributed by atoms with van der Waals surface area (Å²) in [7, 11) is 0. The summed E-state index contributed by atoms with van der Waals surface area (Å²) in [5.41, 5.74) is 0.798. The monoisotopic (exact) mass is 391 g/mol. The average molecular weight is 392 g/mol. The molecule has 4 N–H and O–H groups in total. The van der Waals surface area contributed by atoms with Gasteiger partial charge in [-0.3, -0.25) is 0 Å². The van der Waals surface area contributed by atoms with Crippen LogP contribution in [0.1, 0.15) is 27.2 Å². The predicted octanol–water partition coefficient (Wildman–Crippen LogP) is 2.70. The Labute approximate surface area is 155 Å². The maximum absolute atomic E-state index is 12.0. The minimum Gasteiger partial charge on any atom is -0.390 e. The number of aromatic nitrogens is 4. The molecule has 0 saturated heterocycles. The van der Waals surface area contributed by atoms with Crippen LogP contribution in [0.4, 0.5) is 14.6 Å². The Morgan fingerprint density at radius 1 is 1.35 bits per heavy atom. The number of nitrogens with zero attached hydrogens (tertiary/aromatic N) is 3. The smallest absolute Gasteiger partial charge is 0.255 e. The Bertz CT molecular complexity index is 717. The van der Waals surface area contributed by atoms with Crippen molar-refractivity contribution < 1.29 is 19.0 Å². The third-order valence-electron chi connectivity index (χ3n) is 4.62. The first kappa shape index (κ1) is 20.7. The van der Waals surface area contributed by atoms with Crippen molar-refractivity contribution >= 4 is 28.6 Å². The van der Waals surface area contributed by atoms with E-state index in [1.165, 1.54) is 6.33 Å². The molecule has 0 bridgehead atoms. The molecular formula is C16H24ClF2N5O2. The molecule has 2 aromatic heterocycles. The number of aromatic amines is 1. The van der Waals surface area contributed by atoms with E-state index >= 15 is 0 Å². The second-order valence-corrected chi connectivity index (χ2v) is 6.45. The first-order valence-corrected chi connectivity index (χ1v) is 9.01. The van der Waals surface area contributed by atoms with E-state index in [9.17, 15) is 13.9 Å². The number of hydrogen-bond donors (Lipinski definition) is 4. The maximum atomic E-state index is 12.0. The van der Waals surface area contributed by atoms with Gasteiger partial charge in [-0.25, -0.2) is 13.8 Å². The number of aliphatic hydroxyl groups is 2. The number of rotatable bonds is 3. The van der Waals surface area contributed by atoms with Crippen molar-refractivity contribution in [3.8, 4) is 0 Å². The minimum atomic E-state index is -2.46. The summed E-state index contributed by atoms with van der Waals surface area (Å²) in [6, 6.07) is 0. The number of fused-ring (bicyclic) bond motifs is 2. The number of H-pyrrole nitrogens is 1. The summed E-state index contributed by atoms with van der Waals surface area (Å²) in [5.74, 6) is 1.96. The van der Waals surface area contributed by atoms with E-state index in [0.717, 1.165) is 6.42 Å². The molecule has 2 aliphatic rings. The second kappa shape index (κ2) is 8.88. The summed E-state index contributed by atoms with van der Waals surface area (Å²) in [4.78, 5) is 14.2. The Kier molecular flexibility index (Phi) is 7.08. The van der Waals surface area contributed by atoms with Gasteiger partial charge in [0.2, 0.25) is 5.28 Å². The molecule has 0 amide bonds. The molecule has 0 aromatic carbocycles. The van der Waals surface area contributed by atoms with Crippen LogP contribution < -0.4 is 5.32 Å². The standard InChI is InChI=1S/C7H6ClF2N5.C7H12O2.C2H6/c8-7-14-5(11-1-3(9)10)4-6(15-7)13-2-12-4;1-3-4-2-5(8)7(9)6(3)4;1-2/h2-3H,1H2,(H2,11,12,13,14,15);3-9H,2H2,1H3;1-2H3. The molecule has 2 saturated carbocycles. The van der Waals surface area contributed by atoms with Crippen LogP contribution in [-0.2, 0) is 0 Å². The lowest BCUT2D eigenvalue weighted by atomic mass is 10.1. The van der Waals surface area contributed by atoms with Crippen LogP contribution in [0.2, 0.25) is 5.28 Å². The van der Waals surface area contributed by atoms with E-state index in [2.05, 4.69) is 32.2 Å². The molecule has 2 heterocycles. The van der Waals surface area contributed by atoms with Gasteiger partial charge in [0.25, 0.3) is 6.43 Å². The highest BCUT2D eigenvalue weighted by Crippen LogP contribution is 2.57. The largest absolute Gasteiger partial charge is 0.390 e. The van der Waals surface area contributed by atoms with Crippen LogP contribution in [0.15, 0.2) is 6.33 Å². The molecule has 5 atom stereocenters. The van der Waals surface area contributed by atoms with Crippen LogP contribution in [0.5, 0.6) is 0 Å². The predicted molar refractivity (Wildman–Crippen MR) is 95.3 cm³/mol. The van der Waals surface area contributed by atoms with Crippen molar-refractivity contribution in [2.45, 2.75) is 45.8 Å².